The van der Waals surface area contributed by atoms with Crippen molar-refractivity contribution in [3.63, 3.8) is 0 Å². The lowest BCUT2D eigenvalue weighted by Crippen LogP contribution is -2.46. The molecule has 2 nitrogen and oxygen atoms in total. The Bertz CT molecular complexity index is 253. The first-order valence-corrected chi connectivity index (χ1v) is 8.03. The molecular weight excluding hydrogens is 220 g/mol. The van der Waals surface area contributed by atoms with Gasteiger partial charge in [-0.25, -0.2) is 0 Å². The van der Waals surface area contributed by atoms with E-state index in [9.17, 15) is 0 Å². The smallest absolute Gasteiger partial charge is 0.00928 e. The van der Waals surface area contributed by atoms with Gasteiger partial charge >= 0.3 is 0 Å². The molecule has 18 heavy (non-hydrogen) atoms. The molecule has 5 unspecified atom stereocenters. The molecule has 1 aliphatic heterocycles. The molecule has 5 atom stereocenters. The van der Waals surface area contributed by atoms with E-state index in [0.717, 1.165) is 29.8 Å². The SMILES string of the molecule is CNC1CCCC1CCN1CC(C)CC(C)C1C. The third kappa shape index (κ3) is 3.27. The lowest BCUT2D eigenvalue weighted by molar-refractivity contribution is 0.0732. The Hall–Kier alpha value is -0.0800. The molecule has 2 heteroatoms. The maximum absolute atomic E-state index is 3.51. The number of piperidine rings is 1. The van der Waals surface area contributed by atoms with Crippen LogP contribution in [-0.2, 0) is 0 Å². The summed E-state index contributed by atoms with van der Waals surface area (Å²) in [5.41, 5.74) is 0. The largest absolute Gasteiger partial charge is 0.317 e. The number of hydrogen-bond acceptors (Lipinski definition) is 2. The van der Waals surface area contributed by atoms with Gasteiger partial charge in [-0.05, 0) is 64.0 Å². The van der Waals surface area contributed by atoms with E-state index >= 15 is 0 Å². The maximum Gasteiger partial charge on any atom is 0.00928 e. The first kappa shape index (κ1) is 14.3. The van der Waals surface area contributed by atoms with Crippen molar-refractivity contribution < 1.29 is 0 Å². The van der Waals surface area contributed by atoms with Gasteiger partial charge in [0.05, 0.1) is 0 Å². The fraction of sp³-hybridized carbons (Fsp3) is 1.00. The summed E-state index contributed by atoms with van der Waals surface area (Å²) in [5.74, 6) is 2.69. The Morgan fingerprint density at radius 2 is 1.94 bits per heavy atom. The van der Waals surface area contributed by atoms with Crippen molar-refractivity contribution in [1.82, 2.24) is 10.2 Å². The molecule has 1 saturated carbocycles. The fourth-order valence-corrected chi connectivity index (χ4v) is 4.22. The summed E-state index contributed by atoms with van der Waals surface area (Å²) in [4.78, 5) is 2.75. The summed E-state index contributed by atoms with van der Waals surface area (Å²) in [6.45, 7) is 9.92. The van der Waals surface area contributed by atoms with Gasteiger partial charge in [-0.1, -0.05) is 20.3 Å². The summed E-state index contributed by atoms with van der Waals surface area (Å²) >= 11 is 0. The Labute approximate surface area is 114 Å². The van der Waals surface area contributed by atoms with Crippen molar-refractivity contribution in [3.8, 4) is 0 Å². The molecular formula is C16H32N2. The van der Waals surface area contributed by atoms with Crippen molar-refractivity contribution in [3.05, 3.63) is 0 Å². The van der Waals surface area contributed by atoms with Gasteiger partial charge in [-0.15, -0.1) is 0 Å². The molecule has 0 spiro atoms. The molecule has 0 aromatic rings. The monoisotopic (exact) mass is 252 g/mol. The van der Waals surface area contributed by atoms with E-state index in [4.69, 9.17) is 0 Å². The average Bonchev–Trinajstić information content (AvgIpc) is 2.79. The van der Waals surface area contributed by atoms with Gasteiger partial charge in [-0.3, -0.25) is 0 Å². The number of nitrogens with one attached hydrogen (secondary N) is 1. The zero-order valence-corrected chi connectivity index (χ0v) is 12.8. The van der Waals surface area contributed by atoms with Crippen LogP contribution in [0.25, 0.3) is 0 Å². The molecule has 1 saturated heterocycles. The van der Waals surface area contributed by atoms with E-state index in [2.05, 4.69) is 38.0 Å². The fourth-order valence-electron chi connectivity index (χ4n) is 4.22. The minimum absolute atomic E-state index is 0.788. The predicted octanol–water partition coefficient (Wildman–Crippen LogP) is 3.13. The third-order valence-corrected chi connectivity index (χ3v) is 5.54. The molecule has 0 bridgehead atoms. The van der Waals surface area contributed by atoms with Crippen LogP contribution in [0.15, 0.2) is 0 Å². The van der Waals surface area contributed by atoms with Crippen LogP contribution in [0, 0.1) is 17.8 Å². The van der Waals surface area contributed by atoms with E-state index in [1.807, 2.05) is 0 Å². The second-order valence-electron chi connectivity index (χ2n) is 6.93. The summed E-state index contributed by atoms with van der Waals surface area (Å²) in [6, 6.07) is 1.58. The first-order chi connectivity index (χ1) is 8.61. The molecule has 2 fully saturated rings. The van der Waals surface area contributed by atoms with Crippen molar-refractivity contribution in [2.45, 2.75) is 65.0 Å². The Balaban J connectivity index is 1.81. The highest BCUT2D eigenvalue weighted by Crippen LogP contribution is 2.31. The van der Waals surface area contributed by atoms with Crippen molar-refractivity contribution in [2.75, 3.05) is 20.1 Å². The number of nitrogens with zero attached hydrogens (tertiary/aromatic N) is 1. The van der Waals surface area contributed by atoms with E-state index < -0.39 is 0 Å². The summed E-state index contributed by atoms with van der Waals surface area (Å²) < 4.78 is 0. The number of rotatable bonds is 4. The molecule has 2 rings (SSSR count). The maximum atomic E-state index is 3.51. The third-order valence-electron chi connectivity index (χ3n) is 5.54. The zero-order valence-electron chi connectivity index (χ0n) is 12.8. The quantitative estimate of drug-likeness (QED) is 0.827. The molecule has 0 radical (unpaired) electrons. The van der Waals surface area contributed by atoms with Crippen molar-refractivity contribution in [1.29, 1.82) is 0 Å². The van der Waals surface area contributed by atoms with Gasteiger partial charge in [0.1, 0.15) is 0 Å². The molecule has 0 amide bonds. The van der Waals surface area contributed by atoms with Crippen LogP contribution in [0.4, 0.5) is 0 Å². The van der Waals surface area contributed by atoms with Gasteiger partial charge in [0, 0.05) is 18.6 Å². The molecule has 1 heterocycles. The van der Waals surface area contributed by atoms with Gasteiger partial charge in [0.15, 0.2) is 0 Å². The van der Waals surface area contributed by atoms with Gasteiger partial charge in [0.2, 0.25) is 0 Å². The van der Waals surface area contributed by atoms with E-state index in [0.29, 0.717) is 0 Å². The van der Waals surface area contributed by atoms with Gasteiger partial charge < -0.3 is 10.2 Å². The van der Waals surface area contributed by atoms with Crippen LogP contribution in [0.5, 0.6) is 0 Å². The Morgan fingerprint density at radius 1 is 1.17 bits per heavy atom. The minimum atomic E-state index is 0.788. The molecule has 106 valence electrons. The van der Waals surface area contributed by atoms with Gasteiger partial charge in [-0.2, -0.15) is 0 Å². The highest BCUT2D eigenvalue weighted by molar-refractivity contribution is 4.86. The Morgan fingerprint density at radius 3 is 2.67 bits per heavy atom. The van der Waals surface area contributed by atoms with E-state index in [-0.39, 0.29) is 0 Å². The molecule has 1 N–H and O–H groups in total. The first-order valence-electron chi connectivity index (χ1n) is 8.03. The lowest BCUT2D eigenvalue weighted by atomic mass is 9.85. The van der Waals surface area contributed by atoms with Crippen LogP contribution in [-0.4, -0.2) is 37.1 Å². The average molecular weight is 252 g/mol. The topological polar surface area (TPSA) is 15.3 Å². The highest BCUT2D eigenvalue weighted by Gasteiger charge is 2.31. The van der Waals surface area contributed by atoms with E-state index in [1.165, 1.54) is 45.2 Å². The molecule has 1 aliphatic carbocycles. The van der Waals surface area contributed by atoms with Gasteiger partial charge in [0.25, 0.3) is 0 Å². The van der Waals surface area contributed by atoms with Crippen LogP contribution < -0.4 is 5.32 Å². The predicted molar refractivity (Wildman–Crippen MR) is 78.8 cm³/mol. The number of likely N-dealkylation sites (tertiary alicyclic amines) is 1. The van der Waals surface area contributed by atoms with Crippen molar-refractivity contribution in [2.24, 2.45) is 17.8 Å². The van der Waals surface area contributed by atoms with Crippen LogP contribution in [0.2, 0.25) is 0 Å². The number of hydrogen-bond donors (Lipinski definition) is 1. The molecule has 0 aromatic carbocycles. The highest BCUT2D eigenvalue weighted by atomic mass is 15.2. The van der Waals surface area contributed by atoms with Crippen LogP contribution >= 0.6 is 0 Å². The second kappa shape index (κ2) is 6.38. The second-order valence-corrected chi connectivity index (χ2v) is 6.93. The summed E-state index contributed by atoms with van der Waals surface area (Å²) in [7, 11) is 2.14. The van der Waals surface area contributed by atoms with Crippen molar-refractivity contribution >= 4 is 0 Å². The summed E-state index contributed by atoms with van der Waals surface area (Å²) in [5, 5.41) is 3.51. The summed E-state index contributed by atoms with van der Waals surface area (Å²) in [6.07, 6.45) is 7.08. The molecule has 2 aliphatic rings. The van der Waals surface area contributed by atoms with Crippen LogP contribution in [0.3, 0.4) is 0 Å². The standard InChI is InChI=1S/C16H32N2/c1-12-10-13(2)14(3)18(11-12)9-8-15-6-5-7-16(15)17-4/h12-17H,5-11H2,1-4H3. The Kier molecular flexibility index (Phi) is 5.08. The zero-order chi connectivity index (χ0) is 13.1. The normalized spacial score (nSPS) is 42.3. The van der Waals surface area contributed by atoms with Crippen LogP contribution in [0.1, 0.15) is 52.9 Å². The molecule has 0 aromatic heterocycles. The van der Waals surface area contributed by atoms with E-state index in [1.54, 1.807) is 0 Å². The lowest BCUT2D eigenvalue weighted by Gasteiger charge is -2.41. The minimum Gasteiger partial charge on any atom is -0.317 e.